The SMILES string of the molecule is C=CC(=O)NC(c1nccs1)C1CC1. The summed E-state index contributed by atoms with van der Waals surface area (Å²) in [5.41, 5.74) is 0. The van der Waals surface area contributed by atoms with Crippen molar-refractivity contribution in [2.24, 2.45) is 5.92 Å². The first kappa shape index (κ1) is 9.40. The Bertz CT molecular complexity index is 330. The van der Waals surface area contributed by atoms with Gasteiger partial charge in [0.05, 0.1) is 6.04 Å². The normalized spacial score (nSPS) is 17.4. The van der Waals surface area contributed by atoms with Crippen molar-refractivity contribution in [1.29, 1.82) is 0 Å². The highest BCUT2D eigenvalue weighted by atomic mass is 32.1. The number of rotatable bonds is 4. The summed E-state index contributed by atoms with van der Waals surface area (Å²) in [5, 5.41) is 5.86. The summed E-state index contributed by atoms with van der Waals surface area (Å²) < 4.78 is 0. The molecule has 1 atom stereocenters. The number of hydrogen-bond acceptors (Lipinski definition) is 3. The van der Waals surface area contributed by atoms with Crippen molar-refractivity contribution in [2.45, 2.75) is 18.9 Å². The molecule has 0 saturated heterocycles. The van der Waals surface area contributed by atoms with Crippen molar-refractivity contribution >= 4 is 17.2 Å². The van der Waals surface area contributed by atoms with Crippen molar-refractivity contribution in [1.82, 2.24) is 10.3 Å². The van der Waals surface area contributed by atoms with Crippen molar-refractivity contribution in [3.05, 3.63) is 29.2 Å². The fourth-order valence-corrected chi connectivity index (χ4v) is 2.19. The number of hydrogen-bond donors (Lipinski definition) is 1. The lowest BCUT2D eigenvalue weighted by molar-refractivity contribution is -0.117. The Kier molecular flexibility index (Phi) is 2.63. The second kappa shape index (κ2) is 3.92. The summed E-state index contributed by atoms with van der Waals surface area (Å²) in [7, 11) is 0. The molecule has 74 valence electrons. The van der Waals surface area contributed by atoms with E-state index in [-0.39, 0.29) is 11.9 Å². The van der Waals surface area contributed by atoms with E-state index in [1.54, 1.807) is 17.5 Å². The van der Waals surface area contributed by atoms with Crippen LogP contribution in [0.4, 0.5) is 0 Å². The number of carbonyl (C=O) groups is 1. The van der Waals surface area contributed by atoms with Crippen molar-refractivity contribution in [3.8, 4) is 0 Å². The molecule has 14 heavy (non-hydrogen) atoms. The summed E-state index contributed by atoms with van der Waals surface area (Å²) >= 11 is 1.59. The van der Waals surface area contributed by atoms with Gasteiger partial charge in [0, 0.05) is 11.6 Å². The molecule has 3 nitrogen and oxygen atoms in total. The predicted octanol–water partition coefficient (Wildman–Crippen LogP) is 1.90. The topological polar surface area (TPSA) is 42.0 Å². The Morgan fingerprint density at radius 3 is 3.07 bits per heavy atom. The van der Waals surface area contributed by atoms with Crippen molar-refractivity contribution in [2.75, 3.05) is 0 Å². The van der Waals surface area contributed by atoms with Gasteiger partial charge in [-0.3, -0.25) is 4.79 Å². The summed E-state index contributed by atoms with van der Waals surface area (Å²) in [5.74, 6) is 0.460. The first-order valence-corrected chi connectivity index (χ1v) is 5.51. The van der Waals surface area contributed by atoms with E-state index in [0.717, 1.165) is 5.01 Å². The molecule has 0 aliphatic heterocycles. The monoisotopic (exact) mass is 208 g/mol. The van der Waals surface area contributed by atoms with Gasteiger partial charge in [0.15, 0.2) is 0 Å². The number of nitrogens with one attached hydrogen (secondary N) is 1. The fourth-order valence-electron chi connectivity index (χ4n) is 1.41. The van der Waals surface area contributed by atoms with Crippen LogP contribution >= 0.6 is 11.3 Å². The smallest absolute Gasteiger partial charge is 0.243 e. The van der Waals surface area contributed by atoms with Gasteiger partial charge in [-0.05, 0) is 24.8 Å². The van der Waals surface area contributed by atoms with E-state index in [1.807, 2.05) is 5.38 Å². The van der Waals surface area contributed by atoms with Crippen LogP contribution < -0.4 is 5.32 Å². The standard InChI is InChI=1S/C10H12N2OS/c1-2-8(13)12-9(7-3-4-7)10-11-5-6-14-10/h2,5-7,9H,1,3-4H2,(H,12,13). The van der Waals surface area contributed by atoms with E-state index in [4.69, 9.17) is 0 Å². The molecule has 1 aliphatic rings. The average molecular weight is 208 g/mol. The molecule has 0 radical (unpaired) electrons. The van der Waals surface area contributed by atoms with Crippen LogP contribution in [0.5, 0.6) is 0 Å². The first-order chi connectivity index (χ1) is 6.81. The van der Waals surface area contributed by atoms with E-state index in [1.165, 1.54) is 18.9 Å². The van der Waals surface area contributed by atoms with E-state index < -0.39 is 0 Å². The van der Waals surface area contributed by atoms with Crippen molar-refractivity contribution in [3.63, 3.8) is 0 Å². The molecule has 1 unspecified atom stereocenters. The lowest BCUT2D eigenvalue weighted by Crippen LogP contribution is -2.27. The predicted molar refractivity (Wildman–Crippen MR) is 55.9 cm³/mol. The molecule has 1 fully saturated rings. The van der Waals surface area contributed by atoms with Crippen LogP contribution in [0.25, 0.3) is 0 Å². The zero-order valence-corrected chi connectivity index (χ0v) is 8.59. The number of aromatic nitrogens is 1. The Morgan fingerprint density at radius 2 is 2.57 bits per heavy atom. The highest BCUT2D eigenvalue weighted by Crippen LogP contribution is 2.41. The maximum absolute atomic E-state index is 11.2. The summed E-state index contributed by atoms with van der Waals surface area (Å²) in [6, 6.07) is 0.0977. The molecular formula is C10H12N2OS. The molecule has 1 saturated carbocycles. The third-order valence-electron chi connectivity index (χ3n) is 2.29. The van der Waals surface area contributed by atoms with Crippen LogP contribution in [-0.2, 0) is 4.79 Å². The quantitative estimate of drug-likeness (QED) is 0.768. The number of thiazole rings is 1. The van der Waals surface area contributed by atoms with Gasteiger partial charge in [0.1, 0.15) is 5.01 Å². The van der Waals surface area contributed by atoms with E-state index in [0.29, 0.717) is 5.92 Å². The minimum atomic E-state index is -0.114. The van der Waals surface area contributed by atoms with Gasteiger partial charge in [-0.15, -0.1) is 11.3 Å². The Hall–Kier alpha value is -1.16. The van der Waals surface area contributed by atoms with Crippen LogP contribution in [0.15, 0.2) is 24.2 Å². The van der Waals surface area contributed by atoms with Gasteiger partial charge in [-0.25, -0.2) is 4.98 Å². The molecule has 0 bridgehead atoms. The Morgan fingerprint density at radius 1 is 1.79 bits per heavy atom. The molecule has 1 aliphatic carbocycles. The highest BCUT2D eigenvalue weighted by molar-refractivity contribution is 7.09. The first-order valence-electron chi connectivity index (χ1n) is 4.63. The lowest BCUT2D eigenvalue weighted by atomic mass is 10.2. The second-order valence-corrected chi connectivity index (χ2v) is 4.32. The molecule has 2 rings (SSSR count). The summed E-state index contributed by atoms with van der Waals surface area (Å²) in [4.78, 5) is 15.4. The summed E-state index contributed by atoms with van der Waals surface area (Å²) in [6.45, 7) is 3.45. The molecule has 1 amide bonds. The maximum Gasteiger partial charge on any atom is 0.243 e. The third kappa shape index (κ3) is 2.01. The van der Waals surface area contributed by atoms with E-state index in [2.05, 4.69) is 16.9 Å². The zero-order chi connectivity index (χ0) is 9.97. The van der Waals surface area contributed by atoms with E-state index in [9.17, 15) is 4.79 Å². The number of nitrogens with zero attached hydrogens (tertiary/aromatic N) is 1. The third-order valence-corrected chi connectivity index (χ3v) is 3.15. The van der Waals surface area contributed by atoms with Gasteiger partial charge >= 0.3 is 0 Å². The minimum absolute atomic E-state index is 0.0977. The largest absolute Gasteiger partial charge is 0.343 e. The zero-order valence-electron chi connectivity index (χ0n) is 7.77. The van der Waals surface area contributed by atoms with Gasteiger partial charge in [-0.2, -0.15) is 0 Å². The number of amides is 1. The Labute approximate surface area is 86.9 Å². The average Bonchev–Trinajstić information content (AvgIpc) is 2.89. The molecular weight excluding hydrogens is 196 g/mol. The molecule has 0 spiro atoms. The summed E-state index contributed by atoms with van der Waals surface area (Å²) in [6.07, 6.45) is 5.45. The van der Waals surface area contributed by atoms with Crippen LogP contribution in [0, 0.1) is 5.92 Å². The van der Waals surface area contributed by atoms with Crippen LogP contribution in [-0.4, -0.2) is 10.9 Å². The van der Waals surface area contributed by atoms with E-state index >= 15 is 0 Å². The Balaban J connectivity index is 2.08. The molecule has 1 aromatic heterocycles. The minimum Gasteiger partial charge on any atom is -0.343 e. The maximum atomic E-state index is 11.2. The second-order valence-electron chi connectivity index (χ2n) is 3.40. The van der Waals surface area contributed by atoms with Gasteiger partial charge in [0.25, 0.3) is 0 Å². The molecule has 1 aromatic rings. The fraction of sp³-hybridized carbons (Fsp3) is 0.400. The van der Waals surface area contributed by atoms with Crippen LogP contribution in [0.2, 0.25) is 0 Å². The van der Waals surface area contributed by atoms with Gasteiger partial charge in [-0.1, -0.05) is 6.58 Å². The lowest BCUT2D eigenvalue weighted by Gasteiger charge is -2.13. The van der Waals surface area contributed by atoms with Gasteiger partial charge in [0.2, 0.25) is 5.91 Å². The van der Waals surface area contributed by atoms with Gasteiger partial charge < -0.3 is 5.32 Å². The van der Waals surface area contributed by atoms with Crippen LogP contribution in [0.1, 0.15) is 23.9 Å². The molecule has 4 heteroatoms. The van der Waals surface area contributed by atoms with Crippen molar-refractivity contribution < 1.29 is 4.79 Å². The molecule has 0 aromatic carbocycles. The number of carbonyl (C=O) groups excluding carboxylic acids is 1. The highest BCUT2D eigenvalue weighted by Gasteiger charge is 2.34. The molecule has 1 heterocycles. The molecule has 1 N–H and O–H groups in total. The van der Waals surface area contributed by atoms with Crippen LogP contribution in [0.3, 0.4) is 0 Å².